The quantitative estimate of drug-likeness (QED) is 0.0387. The van der Waals surface area contributed by atoms with Crippen molar-refractivity contribution in [2.24, 2.45) is 0 Å². The Hall–Kier alpha value is -2.45. The van der Waals surface area contributed by atoms with Crippen LogP contribution in [0.3, 0.4) is 0 Å². The summed E-state index contributed by atoms with van der Waals surface area (Å²) >= 11 is 0. The number of carboxylic acid groups (broad SMARTS) is 1. The van der Waals surface area contributed by atoms with Gasteiger partial charge in [0, 0.05) is 19.3 Å². The number of nitrogens with zero attached hydrogens (tertiary/aromatic N) is 1. The number of carboxylic acids is 1. The van der Waals surface area contributed by atoms with Gasteiger partial charge in [-0.05, 0) is 44.9 Å². The molecule has 0 amide bonds. The summed E-state index contributed by atoms with van der Waals surface area (Å²) in [4.78, 5) is 36.2. The molecule has 242 valence electrons. The van der Waals surface area contributed by atoms with Crippen molar-refractivity contribution < 1.29 is 38.2 Å². The highest BCUT2D eigenvalue weighted by molar-refractivity contribution is 5.70. The molecule has 0 aliphatic heterocycles. The molecule has 0 spiro atoms. The van der Waals surface area contributed by atoms with Crippen LogP contribution in [0.5, 0.6) is 0 Å². The number of esters is 2. The van der Waals surface area contributed by atoms with Crippen LogP contribution in [0.1, 0.15) is 110 Å². The first-order valence-electron chi connectivity index (χ1n) is 16.0. The van der Waals surface area contributed by atoms with E-state index >= 15 is 0 Å². The van der Waals surface area contributed by atoms with Gasteiger partial charge in [-0.2, -0.15) is 0 Å². The van der Waals surface area contributed by atoms with Gasteiger partial charge in [-0.3, -0.25) is 9.59 Å². The minimum absolute atomic E-state index is 0.0177. The van der Waals surface area contributed by atoms with Crippen LogP contribution < -0.4 is 5.11 Å². The molecule has 42 heavy (non-hydrogen) atoms. The number of likely N-dealkylation sites (N-methyl/N-ethyl adjacent to an activating group) is 1. The largest absolute Gasteiger partial charge is 0.544 e. The maximum absolute atomic E-state index is 12.5. The summed E-state index contributed by atoms with van der Waals surface area (Å²) in [7, 11) is 5.35. The molecule has 0 bridgehead atoms. The minimum Gasteiger partial charge on any atom is -0.544 e. The maximum atomic E-state index is 12.5. The standard InChI is InChI=1S/C34H59NO7/c1-6-8-10-12-14-15-16-17-19-21-23-25-33(37)42-30(28-40-27-26-31(34(38)39)35(3,4)5)29-41-32(36)24-22-20-18-13-11-9-7-2/h12,14-16,18,20,30-31H,6-11,13,17,19,21-29H2,1-5H3/b14-12+,16-15+,20-18+. The van der Waals surface area contributed by atoms with E-state index in [1.54, 1.807) is 21.1 Å². The van der Waals surface area contributed by atoms with Crippen LogP contribution in [0.25, 0.3) is 0 Å². The van der Waals surface area contributed by atoms with Crippen LogP contribution in [0, 0.1) is 0 Å². The van der Waals surface area contributed by atoms with Crippen LogP contribution in [-0.2, 0) is 28.6 Å². The predicted octanol–water partition coefficient (Wildman–Crippen LogP) is 5.84. The Bertz CT molecular complexity index is 798. The third kappa shape index (κ3) is 24.2. The summed E-state index contributed by atoms with van der Waals surface area (Å²) in [5, 5.41) is 11.5. The highest BCUT2D eigenvalue weighted by Gasteiger charge is 2.25. The summed E-state index contributed by atoms with van der Waals surface area (Å²) in [6.45, 7) is 4.42. The zero-order valence-electron chi connectivity index (χ0n) is 27.2. The van der Waals surface area contributed by atoms with E-state index in [2.05, 4.69) is 44.2 Å². The summed E-state index contributed by atoms with van der Waals surface area (Å²) in [5.74, 6) is -1.85. The predicted molar refractivity (Wildman–Crippen MR) is 167 cm³/mol. The number of carbonyl (C=O) groups is 3. The van der Waals surface area contributed by atoms with Crippen molar-refractivity contribution in [3.8, 4) is 0 Å². The van der Waals surface area contributed by atoms with Crippen LogP contribution in [0.4, 0.5) is 0 Å². The van der Waals surface area contributed by atoms with Crippen molar-refractivity contribution in [3.05, 3.63) is 36.5 Å². The molecule has 0 heterocycles. The number of carbonyl (C=O) groups excluding carboxylic acids is 3. The molecule has 0 saturated heterocycles. The molecular weight excluding hydrogens is 534 g/mol. The number of ether oxygens (including phenoxy) is 3. The minimum atomic E-state index is -1.14. The maximum Gasteiger partial charge on any atom is 0.306 e. The van der Waals surface area contributed by atoms with Crippen molar-refractivity contribution in [2.45, 2.75) is 122 Å². The molecule has 2 unspecified atom stereocenters. The fraction of sp³-hybridized carbons (Fsp3) is 0.735. The fourth-order valence-electron chi connectivity index (χ4n) is 4.18. The van der Waals surface area contributed by atoms with E-state index < -0.39 is 18.1 Å². The van der Waals surface area contributed by atoms with E-state index in [-0.39, 0.29) is 55.5 Å². The third-order valence-electron chi connectivity index (χ3n) is 6.79. The van der Waals surface area contributed by atoms with Gasteiger partial charge in [-0.25, -0.2) is 0 Å². The second-order valence-electron chi connectivity index (χ2n) is 11.7. The summed E-state index contributed by atoms with van der Waals surface area (Å²) in [6, 6.07) is -0.731. The van der Waals surface area contributed by atoms with E-state index in [1.807, 2.05) is 6.08 Å². The second-order valence-corrected chi connectivity index (χ2v) is 11.7. The molecule has 0 N–H and O–H groups in total. The number of quaternary nitrogens is 1. The molecule has 0 aliphatic rings. The number of rotatable bonds is 27. The molecule has 0 aromatic heterocycles. The van der Waals surface area contributed by atoms with E-state index in [0.717, 1.165) is 38.5 Å². The number of unbranched alkanes of at least 4 members (excludes halogenated alkanes) is 8. The number of hydrogen-bond acceptors (Lipinski definition) is 7. The number of hydrogen-bond donors (Lipinski definition) is 0. The highest BCUT2D eigenvalue weighted by Crippen LogP contribution is 2.10. The zero-order chi connectivity index (χ0) is 31.5. The fourth-order valence-corrected chi connectivity index (χ4v) is 4.18. The highest BCUT2D eigenvalue weighted by atomic mass is 16.6. The molecule has 0 aliphatic carbocycles. The van der Waals surface area contributed by atoms with Gasteiger partial charge < -0.3 is 28.6 Å². The molecule has 2 atom stereocenters. The van der Waals surface area contributed by atoms with Crippen LogP contribution in [-0.4, -0.2) is 75.5 Å². The SMILES string of the molecule is CCCC/C=C/C=C/CCCCCC(=O)OC(COCCC(C(=O)[O-])[N+](C)(C)C)COC(=O)CC/C=C/CCCCC. The monoisotopic (exact) mass is 593 g/mol. The lowest BCUT2D eigenvalue weighted by atomic mass is 10.1. The van der Waals surface area contributed by atoms with Gasteiger partial charge in [0.05, 0.1) is 40.3 Å². The molecule has 0 aromatic rings. The second kappa shape index (κ2) is 26.2. The van der Waals surface area contributed by atoms with E-state index in [0.29, 0.717) is 12.8 Å². The Balaban J connectivity index is 4.61. The summed E-state index contributed by atoms with van der Waals surface area (Å²) in [6.07, 6.45) is 24.9. The molecule has 0 fully saturated rings. The van der Waals surface area contributed by atoms with E-state index in [9.17, 15) is 19.5 Å². The summed E-state index contributed by atoms with van der Waals surface area (Å²) in [5.41, 5.74) is 0. The van der Waals surface area contributed by atoms with Gasteiger partial charge in [-0.1, -0.05) is 82.4 Å². The van der Waals surface area contributed by atoms with Gasteiger partial charge in [0.1, 0.15) is 12.6 Å². The lowest BCUT2D eigenvalue weighted by molar-refractivity contribution is -0.889. The molecular formula is C34H59NO7. The lowest BCUT2D eigenvalue weighted by Gasteiger charge is -2.34. The smallest absolute Gasteiger partial charge is 0.306 e. The van der Waals surface area contributed by atoms with Gasteiger partial charge in [0.2, 0.25) is 0 Å². The Morgan fingerprint density at radius 3 is 1.98 bits per heavy atom. The van der Waals surface area contributed by atoms with Crippen LogP contribution in [0.15, 0.2) is 36.5 Å². The van der Waals surface area contributed by atoms with Crippen LogP contribution in [0.2, 0.25) is 0 Å². The third-order valence-corrected chi connectivity index (χ3v) is 6.79. The number of aliphatic carboxylic acids is 1. The molecule has 8 nitrogen and oxygen atoms in total. The Kier molecular flexibility index (Phi) is 24.7. The first-order chi connectivity index (χ1) is 20.1. The van der Waals surface area contributed by atoms with E-state index in [1.165, 1.54) is 25.7 Å². The topological polar surface area (TPSA) is 102 Å². The molecule has 0 aromatic carbocycles. The number of allylic oxidation sites excluding steroid dienone is 6. The van der Waals surface area contributed by atoms with Gasteiger partial charge in [0.25, 0.3) is 0 Å². The molecule has 8 heteroatoms. The average molecular weight is 594 g/mol. The van der Waals surface area contributed by atoms with Crippen molar-refractivity contribution in [1.29, 1.82) is 0 Å². The Labute approximate surface area is 255 Å². The van der Waals surface area contributed by atoms with Crippen molar-refractivity contribution in [1.82, 2.24) is 0 Å². The van der Waals surface area contributed by atoms with Crippen molar-refractivity contribution in [3.63, 3.8) is 0 Å². The van der Waals surface area contributed by atoms with Gasteiger partial charge in [0.15, 0.2) is 6.10 Å². The average Bonchev–Trinajstić information content (AvgIpc) is 2.92. The van der Waals surface area contributed by atoms with Gasteiger partial charge in [-0.15, -0.1) is 0 Å². The lowest BCUT2D eigenvalue weighted by Crippen LogP contribution is -2.55. The Morgan fingerprint density at radius 1 is 0.714 bits per heavy atom. The van der Waals surface area contributed by atoms with Crippen molar-refractivity contribution in [2.75, 3.05) is 41.0 Å². The van der Waals surface area contributed by atoms with Gasteiger partial charge >= 0.3 is 11.9 Å². The molecule has 0 rings (SSSR count). The molecule has 0 radical (unpaired) electrons. The summed E-state index contributed by atoms with van der Waals surface area (Å²) < 4.78 is 16.8. The molecule has 0 saturated carbocycles. The Morgan fingerprint density at radius 2 is 1.33 bits per heavy atom. The van der Waals surface area contributed by atoms with Crippen molar-refractivity contribution >= 4 is 17.9 Å². The first kappa shape index (κ1) is 39.5. The first-order valence-corrected chi connectivity index (χ1v) is 16.0. The zero-order valence-corrected chi connectivity index (χ0v) is 27.2. The normalized spacial score (nSPS) is 13.6. The van der Waals surface area contributed by atoms with E-state index in [4.69, 9.17) is 14.2 Å². The van der Waals surface area contributed by atoms with Crippen LogP contribution >= 0.6 is 0 Å².